The summed E-state index contributed by atoms with van der Waals surface area (Å²) in [4.78, 5) is 10.7. The number of benzene rings is 1. The minimum Gasteiger partial charge on any atom is -0.478 e. The summed E-state index contributed by atoms with van der Waals surface area (Å²) in [5.74, 6) is -1.37. The predicted molar refractivity (Wildman–Crippen MR) is 51.0 cm³/mol. The van der Waals surface area contributed by atoms with Crippen LogP contribution in [0.15, 0.2) is 18.2 Å². The van der Waals surface area contributed by atoms with E-state index in [9.17, 15) is 18.0 Å². The van der Waals surface area contributed by atoms with Gasteiger partial charge in [-0.05, 0) is 17.7 Å². The highest BCUT2D eigenvalue weighted by molar-refractivity contribution is 9.08. The minimum atomic E-state index is -4.52. The predicted octanol–water partition coefficient (Wildman–Crippen LogP) is 3.30. The number of aromatic carboxylic acids is 1. The fourth-order valence-electron chi connectivity index (χ4n) is 1.07. The van der Waals surface area contributed by atoms with Crippen LogP contribution in [0.5, 0.6) is 0 Å². The lowest BCUT2D eigenvalue weighted by atomic mass is 10.1. The summed E-state index contributed by atoms with van der Waals surface area (Å²) in [6.45, 7) is 0. The van der Waals surface area contributed by atoms with E-state index in [1.165, 1.54) is 0 Å². The van der Waals surface area contributed by atoms with Crippen LogP contribution in [0.25, 0.3) is 0 Å². The number of carboxylic acid groups (broad SMARTS) is 1. The van der Waals surface area contributed by atoms with Crippen LogP contribution in [0.3, 0.4) is 0 Å². The molecule has 0 aliphatic heterocycles. The van der Waals surface area contributed by atoms with E-state index < -0.39 is 17.7 Å². The largest absolute Gasteiger partial charge is 0.478 e. The van der Waals surface area contributed by atoms with E-state index in [1.54, 1.807) is 0 Å². The molecule has 2 nitrogen and oxygen atoms in total. The number of carboxylic acids is 1. The van der Waals surface area contributed by atoms with Crippen molar-refractivity contribution in [1.82, 2.24) is 0 Å². The molecule has 0 heterocycles. The molecule has 0 unspecified atom stereocenters. The number of hydrogen-bond donors (Lipinski definition) is 1. The SMILES string of the molecule is O=C(O)c1cc(C(F)(F)F)ccc1CBr. The van der Waals surface area contributed by atoms with Crippen molar-refractivity contribution in [3.05, 3.63) is 34.9 Å². The molecule has 6 heteroatoms. The first-order valence-electron chi connectivity index (χ1n) is 3.85. The normalized spacial score (nSPS) is 11.5. The van der Waals surface area contributed by atoms with Crippen LogP contribution in [0.2, 0.25) is 0 Å². The average molecular weight is 283 g/mol. The molecule has 0 spiro atoms. The number of hydrogen-bond acceptors (Lipinski definition) is 1. The summed E-state index contributed by atoms with van der Waals surface area (Å²) in [6.07, 6.45) is -4.52. The van der Waals surface area contributed by atoms with Crippen molar-refractivity contribution in [2.45, 2.75) is 11.5 Å². The van der Waals surface area contributed by atoms with Crippen LogP contribution in [0.4, 0.5) is 13.2 Å². The zero-order valence-corrected chi connectivity index (χ0v) is 8.89. The zero-order valence-electron chi connectivity index (χ0n) is 7.31. The lowest BCUT2D eigenvalue weighted by Crippen LogP contribution is -2.09. The monoisotopic (exact) mass is 282 g/mol. The van der Waals surface area contributed by atoms with Gasteiger partial charge >= 0.3 is 12.1 Å². The van der Waals surface area contributed by atoms with Gasteiger partial charge in [-0.2, -0.15) is 13.2 Å². The Morgan fingerprint density at radius 2 is 2.00 bits per heavy atom. The van der Waals surface area contributed by atoms with Crippen LogP contribution in [-0.2, 0) is 11.5 Å². The Morgan fingerprint density at radius 3 is 2.40 bits per heavy atom. The number of alkyl halides is 4. The van der Waals surface area contributed by atoms with E-state index in [0.717, 1.165) is 12.1 Å². The molecule has 1 N–H and O–H groups in total. The molecule has 0 aliphatic carbocycles. The van der Waals surface area contributed by atoms with Crippen molar-refractivity contribution in [1.29, 1.82) is 0 Å². The molecule has 0 atom stereocenters. The Hall–Kier alpha value is -1.04. The van der Waals surface area contributed by atoms with Gasteiger partial charge in [0.2, 0.25) is 0 Å². The lowest BCUT2D eigenvalue weighted by Gasteiger charge is -2.09. The van der Waals surface area contributed by atoms with Gasteiger partial charge in [0.15, 0.2) is 0 Å². The van der Waals surface area contributed by atoms with Crippen molar-refractivity contribution in [2.75, 3.05) is 0 Å². The summed E-state index contributed by atoms with van der Waals surface area (Å²) >= 11 is 3.01. The van der Waals surface area contributed by atoms with Crippen LogP contribution in [-0.4, -0.2) is 11.1 Å². The average Bonchev–Trinajstić information content (AvgIpc) is 2.15. The highest BCUT2D eigenvalue weighted by Crippen LogP contribution is 2.31. The van der Waals surface area contributed by atoms with Gasteiger partial charge in [-0.15, -0.1) is 0 Å². The Kier molecular flexibility index (Phi) is 3.38. The fourth-order valence-corrected chi connectivity index (χ4v) is 1.56. The van der Waals surface area contributed by atoms with Crippen LogP contribution < -0.4 is 0 Å². The van der Waals surface area contributed by atoms with Crippen molar-refractivity contribution in [3.8, 4) is 0 Å². The quantitative estimate of drug-likeness (QED) is 0.845. The first-order chi connectivity index (χ1) is 6.86. The third-order valence-electron chi connectivity index (χ3n) is 1.81. The molecule has 1 aromatic rings. The second kappa shape index (κ2) is 4.22. The van der Waals surface area contributed by atoms with E-state index >= 15 is 0 Å². The Bertz CT molecular complexity index is 387. The van der Waals surface area contributed by atoms with Gasteiger partial charge < -0.3 is 5.11 Å². The Labute approximate surface area is 91.8 Å². The van der Waals surface area contributed by atoms with E-state index in [1.807, 2.05) is 0 Å². The van der Waals surface area contributed by atoms with Crippen molar-refractivity contribution < 1.29 is 23.1 Å². The van der Waals surface area contributed by atoms with Gasteiger partial charge in [0.1, 0.15) is 0 Å². The van der Waals surface area contributed by atoms with Gasteiger partial charge in [0.05, 0.1) is 11.1 Å². The number of halogens is 4. The standard InChI is InChI=1S/C9H6BrF3O2/c10-4-5-1-2-6(9(11,12)13)3-7(5)8(14)15/h1-3H,4H2,(H,14,15). The second-order valence-electron chi connectivity index (χ2n) is 2.81. The summed E-state index contributed by atoms with van der Waals surface area (Å²) in [5.41, 5.74) is -0.971. The molecule has 0 saturated heterocycles. The smallest absolute Gasteiger partial charge is 0.416 e. The van der Waals surface area contributed by atoms with Gasteiger partial charge in [0, 0.05) is 5.33 Å². The molecular weight excluding hydrogens is 277 g/mol. The molecule has 82 valence electrons. The summed E-state index contributed by atoms with van der Waals surface area (Å²) in [7, 11) is 0. The molecule has 0 amide bonds. The topological polar surface area (TPSA) is 37.3 Å². The maximum atomic E-state index is 12.3. The maximum Gasteiger partial charge on any atom is 0.416 e. The molecule has 1 aromatic carbocycles. The van der Waals surface area contributed by atoms with Crippen LogP contribution >= 0.6 is 15.9 Å². The Balaban J connectivity index is 3.28. The third-order valence-corrected chi connectivity index (χ3v) is 2.42. The molecule has 0 bridgehead atoms. The van der Waals surface area contributed by atoms with E-state index in [4.69, 9.17) is 5.11 Å². The highest BCUT2D eigenvalue weighted by atomic mass is 79.9. The zero-order chi connectivity index (χ0) is 11.6. The molecule has 0 saturated carbocycles. The van der Waals surface area contributed by atoms with Crippen molar-refractivity contribution in [2.24, 2.45) is 0 Å². The van der Waals surface area contributed by atoms with E-state index in [-0.39, 0.29) is 10.9 Å². The molecular formula is C9H6BrF3O2. The Morgan fingerprint density at radius 1 is 1.40 bits per heavy atom. The van der Waals surface area contributed by atoms with Crippen molar-refractivity contribution in [3.63, 3.8) is 0 Å². The van der Waals surface area contributed by atoms with Crippen molar-refractivity contribution >= 4 is 21.9 Å². The summed E-state index contributed by atoms with van der Waals surface area (Å²) in [6, 6.07) is 2.66. The summed E-state index contributed by atoms with van der Waals surface area (Å²) in [5, 5.41) is 8.90. The molecule has 1 rings (SSSR count). The fraction of sp³-hybridized carbons (Fsp3) is 0.222. The maximum absolute atomic E-state index is 12.3. The highest BCUT2D eigenvalue weighted by Gasteiger charge is 2.31. The minimum absolute atomic E-state index is 0.201. The van der Waals surface area contributed by atoms with E-state index in [0.29, 0.717) is 11.6 Å². The summed E-state index contributed by atoms with van der Waals surface area (Å²) < 4.78 is 36.8. The molecule has 15 heavy (non-hydrogen) atoms. The lowest BCUT2D eigenvalue weighted by molar-refractivity contribution is -0.137. The van der Waals surface area contributed by atoms with Gasteiger partial charge in [-0.1, -0.05) is 22.0 Å². The molecule has 0 radical (unpaired) electrons. The first kappa shape index (κ1) is 12.0. The van der Waals surface area contributed by atoms with Gasteiger partial charge in [-0.25, -0.2) is 4.79 Å². The van der Waals surface area contributed by atoms with Crippen LogP contribution in [0.1, 0.15) is 21.5 Å². The molecule has 0 fully saturated rings. The van der Waals surface area contributed by atoms with Gasteiger partial charge in [0.25, 0.3) is 0 Å². The van der Waals surface area contributed by atoms with E-state index in [2.05, 4.69) is 15.9 Å². The number of rotatable bonds is 2. The molecule has 0 aliphatic rings. The first-order valence-corrected chi connectivity index (χ1v) is 4.97. The van der Waals surface area contributed by atoms with Gasteiger partial charge in [-0.3, -0.25) is 0 Å². The molecule has 0 aromatic heterocycles. The second-order valence-corrected chi connectivity index (χ2v) is 3.37. The number of carbonyl (C=O) groups is 1. The third kappa shape index (κ3) is 2.71. The van der Waals surface area contributed by atoms with Crippen LogP contribution in [0, 0.1) is 0 Å².